The Hall–Kier alpha value is -3.86. The summed E-state index contributed by atoms with van der Waals surface area (Å²) >= 11 is 0. The lowest BCUT2D eigenvalue weighted by Gasteiger charge is -2.08. The molecule has 0 aliphatic rings. The third kappa shape index (κ3) is 3.78. The molecule has 5 heteroatoms. The van der Waals surface area contributed by atoms with E-state index in [1.165, 1.54) is 0 Å². The lowest BCUT2D eigenvalue weighted by molar-refractivity contribution is 0.102. The number of anilines is 1. The second-order valence-corrected chi connectivity index (χ2v) is 6.13. The Labute approximate surface area is 161 Å². The molecular weight excluding hydrogens is 352 g/mol. The van der Waals surface area contributed by atoms with Gasteiger partial charge in [-0.15, -0.1) is 0 Å². The third-order valence-corrected chi connectivity index (χ3v) is 4.24. The molecule has 1 N–H and O–H groups in total. The molecule has 28 heavy (non-hydrogen) atoms. The van der Waals surface area contributed by atoms with E-state index in [1.807, 2.05) is 54.6 Å². The Morgan fingerprint density at radius 3 is 2.39 bits per heavy atom. The van der Waals surface area contributed by atoms with Gasteiger partial charge in [0.25, 0.3) is 5.91 Å². The van der Waals surface area contributed by atoms with Crippen molar-refractivity contribution in [1.82, 2.24) is 0 Å². The van der Waals surface area contributed by atoms with Crippen LogP contribution in [0.5, 0.6) is 5.75 Å². The van der Waals surface area contributed by atoms with E-state index in [2.05, 4.69) is 10.3 Å². The topological polar surface area (TPSA) is 63.8 Å². The molecular formula is C23H18N2O3. The van der Waals surface area contributed by atoms with Crippen LogP contribution in [0.25, 0.3) is 11.0 Å². The van der Waals surface area contributed by atoms with Crippen LogP contribution in [0.2, 0.25) is 0 Å². The predicted molar refractivity (Wildman–Crippen MR) is 109 cm³/mol. The van der Waals surface area contributed by atoms with Gasteiger partial charge in [-0.3, -0.25) is 4.79 Å². The molecule has 0 atom stereocenters. The highest BCUT2D eigenvalue weighted by molar-refractivity contribution is 6.05. The fourth-order valence-electron chi connectivity index (χ4n) is 2.81. The number of nitrogens with zero attached hydrogens (tertiary/aromatic N) is 1. The summed E-state index contributed by atoms with van der Waals surface area (Å²) in [5, 5.41) is 3.71. The number of nitrogens with one attached hydrogen (secondary N) is 1. The number of methoxy groups -OCH3 is 1. The second-order valence-electron chi connectivity index (χ2n) is 6.13. The highest BCUT2D eigenvalue weighted by Gasteiger charge is 2.13. The van der Waals surface area contributed by atoms with Crippen molar-refractivity contribution >= 4 is 28.3 Å². The molecule has 1 heterocycles. The standard InChI is InChI=1S/C23H18N2O3/c1-27-19-13-11-18(12-14-19)24-22(26)20-15-16-7-5-6-10-21(16)28-23(20)25-17-8-3-2-4-9-17/h2-15H,1H3,(H,24,26). The minimum Gasteiger partial charge on any atom is -0.497 e. The van der Waals surface area contributed by atoms with Gasteiger partial charge in [0.1, 0.15) is 16.9 Å². The maximum absolute atomic E-state index is 13.0. The molecule has 1 aromatic heterocycles. The molecule has 1 amide bonds. The van der Waals surface area contributed by atoms with Crippen LogP contribution in [0.1, 0.15) is 10.4 Å². The Morgan fingerprint density at radius 2 is 1.64 bits per heavy atom. The second kappa shape index (κ2) is 7.80. The summed E-state index contributed by atoms with van der Waals surface area (Å²) in [5.41, 5.74) is 2.65. The molecule has 5 nitrogen and oxygen atoms in total. The number of fused-ring (bicyclic) bond motifs is 1. The van der Waals surface area contributed by atoms with Crippen LogP contribution in [0, 0.1) is 0 Å². The van der Waals surface area contributed by atoms with Gasteiger partial charge in [-0.25, -0.2) is 4.99 Å². The summed E-state index contributed by atoms with van der Waals surface area (Å²) in [7, 11) is 1.60. The number of rotatable bonds is 4. The van der Waals surface area contributed by atoms with Gasteiger partial charge >= 0.3 is 0 Å². The third-order valence-electron chi connectivity index (χ3n) is 4.24. The maximum Gasteiger partial charge on any atom is 0.261 e. The molecule has 0 bridgehead atoms. The summed E-state index contributed by atoms with van der Waals surface area (Å²) in [6.07, 6.45) is 0. The molecule has 0 saturated carbocycles. The largest absolute Gasteiger partial charge is 0.497 e. The van der Waals surface area contributed by atoms with Crippen molar-refractivity contribution < 1.29 is 13.9 Å². The molecule has 4 rings (SSSR count). The predicted octanol–water partition coefficient (Wildman–Crippen LogP) is 4.93. The molecule has 0 aliphatic carbocycles. The molecule has 0 radical (unpaired) electrons. The summed E-state index contributed by atoms with van der Waals surface area (Å²) in [5.74, 6) is 0.424. The summed E-state index contributed by atoms with van der Waals surface area (Å²) in [6.45, 7) is 0. The van der Waals surface area contributed by atoms with Gasteiger partial charge in [-0.1, -0.05) is 36.4 Å². The van der Waals surface area contributed by atoms with Crippen LogP contribution in [-0.2, 0) is 0 Å². The monoisotopic (exact) mass is 370 g/mol. The molecule has 0 unspecified atom stereocenters. The fraction of sp³-hybridized carbons (Fsp3) is 0.0435. The van der Waals surface area contributed by atoms with E-state index in [0.29, 0.717) is 22.5 Å². The molecule has 0 fully saturated rings. The molecule has 4 aromatic rings. The summed E-state index contributed by atoms with van der Waals surface area (Å²) in [6, 6.07) is 25.9. The minimum absolute atomic E-state index is 0.260. The molecule has 138 valence electrons. The van der Waals surface area contributed by atoms with Crippen molar-refractivity contribution in [1.29, 1.82) is 0 Å². The number of amides is 1. The Kier molecular flexibility index (Phi) is 4.89. The summed E-state index contributed by atoms with van der Waals surface area (Å²) in [4.78, 5) is 17.5. The van der Waals surface area contributed by atoms with Crippen LogP contribution in [0.15, 0.2) is 94.3 Å². The number of carbonyl (C=O) groups is 1. The lowest BCUT2D eigenvalue weighted by atomic mass is 10.1. The van der Waals surface area contributed by atoms with E-state index >= 15 is 0 Å². The van der Waals surface area contributed by atoms with E-state index in [0.717, 1.165) is 11.1 Å². The first kappa shape index (κ1) is 17.5. The van der Waals surface area contributed by atoms with Gasteiger partial charge in [0.05, 0.1) is 12.8 Å². The fourth-order valence-corrected chi connectivity index (χ4v) is 2.81. The average Bonchev–Trinajstić information content (AvgIpc) is 2.74. The molecule has 0 spiro atoms. The number of benzene rings is 3. The molecule has 3 aromatic carbocycles. The van der Waals surface area contributed by atoms with Crippen LogP contribution in [-0.4, -0.2) is 13.0 Å². The minimum atomic E-state index is -0.297. The van der Waals surface area contributed by atoms with Gasteiger partial charge in [-0.05, 0) is 48.5 Å². The number of carbonyl (C=O) groups excluding carboxylic acids is 1. The highest BCUT2D eigenvalue weighted by Crippen LogP contribution is 2.18. The zero-order valence-electron chi connectivity index (χ0n) is 15.3. The van der Waals surface area contributed by atoms with Crippen molar-refractivity contribution in [2.24, 2.45) is 4.99 Å². The smallest absolute Gasteiger partial charge is 0.261 e. The lowest BCUT2D eigenvalue weighted by Crippen LogP contribution is -2.21. The van der Waals surface area contributed by atoms with E-state index in [-0.39, 0.29) is 11.5 Å². The van der Waals surface area contributed by atoms with Crippen LogP contribution >= 0.6 is 0 Å². The number of ether oxygens (including phenoxy) is 1. The first-order chi connectivity index (χ1) is 13.7. The molecule has 0 aliphatic heterocycles. The van der Waals surface area contributed by atoms with Crippen LogP contribution < -0.4 is 15.6 Å². The number of hydrogen-bond donors (Lipinski definition) is 1. The van der Waals surface area contributed by atoms with Crippen molar-refractivity contribution in [3.8, 4) is 5.75 Å². The van der Waals surface area contributed by atoms with E-state index in [1.54, 1.807) is 37.4 Å². The van der Waals surface area contributed by atoms with Crippen LogP contribution in [0.4, 0.5) is 11.4 Å². The number of para-hydroxylation sites is 2. The zero-order chi connectivity index (χ0) is 19.3. The number of hydrogen-bond acceptors (Lipinski definition) is 4. The van der Waals surface area contributed by atoms with Crippen molar-refractivity contribution in [3.05, 3.63) is 96.0 Å². The van der Waals surface area contributed by atoms with Crippen molar-refractivity contribution in [3.63, 3.8) is 0 Å². The first-order valence-corrected chi connectivity index (χ1v) is 8.81. The maximum atomic E-state index is 13.0. The van der Waals surface area contributed by atoms with Crippen molar-refractivity contribution in [2.75, 3.05) is 12.4 Å². The summed E-state index contributed by atoms with van der Waals surface area (Å²) < 4.78 is 11.1. The SMILES string of the molecule is COc1ccc(NC(=O)c2cc3ccccc3oc2=Nc2ccccc2)cc1. The highest BCUT2D eigenvalue weighted by atomic mass is 16.5. The zero-order valence-corrected chi connectivity index (χ0v) is 15.3. The quantitative estimate of drug-likeness (QED) is 0.554. The van der Waals surface area contributed by atoms with Gasteiger partial charge in [0.15, 0.2) is 0 Å². The van der Waals surface area contributed by atoms with E-state index in [9.17, 15) is 4.79 Å². The van der Waals surface area contributed by atoms with Gasteiger partial charge in [0, 0.05) is 11.1 Å². The Balaban J connectivity index is 1.78. The first-order valence-electron chi connectivity index (χ1n) is 8.81. The van der Waals surface area contributed by atoms with E-state index < -0.39 is 0 Å². The van der Waals surface area contributed by atoms with Crippen molar-refractivity contribution in [2.45, 2.75) is 0 Å². The Morgan fingerprint density at radius 1 is 0.929 bits per heavy atom. The van der Waals surface area contributed by atoms with Gasteiger partial charge < -0.3 is 14.5 Å². The average molecular weight is 370 g/mol. The van der Waals surface area contributed by atoms with Gasteiger partial charge in [-0.2, -0.15) is 0 Å². The van der Waals surface area contributed by atoms with Crippen LogP contribution in [0.3, 0.4) is 0 Å². The normalized spacial score (nSPS) is 11.4. The molecule has 0 saturated heterocycles. The van der Waals surface area contributed by atoms with E-state index in [4.69, 9.17) is 9.15 Å². The van der Waals surface area contributed by atoms with Gasteiger partial charge in [0.2, 0.25) is 5.55 Å². The Bertz CT molecular complexity index is 1180.